The minimum atomic E-state index is -0.842. The van der Waals surface area contributed by atoms with Crippen molar-refractivity contribution in [2.24, 2.45) is 0 Å². The molecule has 0 bridgehead atoms. The zero-order valence-corrected chi connectivity index (χ0v) is 9.93. The first-order chi connectivity index (χ1) is 8.15. The Morgan fingerprint density at radius 2 is 2.18 bits per heavy atom. The van der Waals surface area contributed by atoms with Gasteiger partial charge in [-0.25, -0.2) is 4.39 Å². The Balaban J connectivity index is 2.37. The van der Waals surface area contributed by atoms with E-state index in [9.17, 15) is 9.50 Å². The Morgan fingerprint density at radius 1 is 1.47 bits per heavy atom. The summed E-state index contributed by atoms with van der Waals surface area (Å²) in [7, 11) is 0. The minimum Gasteiger partial charge on any atom is -0.395 e. The normalized spacial score (nSPS) is 16.9. The topological polar surface area (TPSA) is 43.7 Å². The maximum absolute atomic E-state index is 13.7. The van der Waals surface area contributed by atoms with Gasteiger partial charge in [-0.15, -0.1) is 0 Å². The highest BCUT2D eigenvalue weighted by Crippen LogP contribution is 2.36. The van der Waals surface area contributed by atoms with Crippen molar-refractivity contribution in [1.82, 2.24) is 0 Å². The van der Waals surface area contributed by atoms with Gasteiger partial charge in [0.2, 0.25) is 0 Å². The monoisotopic (exact) mass is 239 g/mol. The second-order valence-electron chi connectivity index (χ2n) is 4.50. The number of aliphatic hydroxyl groups is 2. The van der Waals surface area contributed by atoms with Crippen molar-refractivity contribution in [3.05, 3.63) is 29.6 Å². The molecule has 17 heavy (non-hydrogen) atoms. The molecular weight excluding hydrogens is 221 g/mol. The summed E-state index contributed by atoms with van der Waals surface area (Å²) >= 11 is 0. The van der Waals surface area contributed by atoms with Crippen molar-refractivity contribution in [2.45, 2.75) is 31.9 Å². The quantitative estimate of drug-likeness (QED) is 0.824. The Kier molecular flexibility index (Phi) is 3.64. The third-order valence-electron chi connectivity index (χ3n) is 3.09. The Bertz CT molecular complexity index is 391. The molecule has 2 N–H and O–H groups in total. The van der Waals surface area contributed by atoms with Crippen LogP contribution in [0.2, 0.25) is 0 Å². The number of halogens is 1. The number of hydrogen-bond donors (Lipinski definition) is 2. The van der Waals surface area contributed by atoms with Crippen LogP contribution in [0, 0.1) is 5.82 Å². The van der Waals surface area contributed by atoms with Gasteiger partial charge in [-0.3, -0.25) is 0 Å². The molecule has 0 saturated heterocycles. The smallest absolute Gasteiger partial charge is 0.131 e. The van der Waals surface area contributed by atoms with Crippen molar-refractivity contribution in [2.75, 3.05) is 18.1 Å². The molecule has 1 aromatic rings. The minimum absolute atomic E-state index is 0.0340. The van der Waals surface area contributed by atoms with E-state index in [0.29, 0.717) is 23.8 Å². The molecule has 94 valence electrons. The summed E-state index contributed by atoms with van der Waals surface area (Å²) in [5, 5.41) is 18.8. The third-order valence-corrected chi connectivity index (χ3v) is 3.09. The summed E-state index contributed by atoms with van der Waals surface area (Å²) in [5.41, 5.74) is 1.03. The molecule has 0 heterocycles. The highest BCUT2D eigenvalue weighted by Gasteiger charge is 2.31. The molecule has 0 radical (unpaired) electrons. The van der Waals surface area contributed by atoms with Gasteiger partial charge in [0, 0.05) is 23.8 Å². The molecule has 1 aliphatic rings. The highest BCUT2D eigenvalue weighted by molar-refractivity contribution is 5.56. The van der Waals surface area contributed by atoms with E-state index < -0.39 is 6.10 Å². The summed E-state index contributed by atoms with van der Waals surface area (Å²) in [5.74, 6) is -0.388. The SMILES string of the molecule is C[C@@H](O)c1c(F)cccc1N(CCO)C1CC1. The first kappa shape index (κ1) is 12.3. The van der Waals surface area contributed by atoms with Crippen LogP contribution in [-0.2, 0) is 0 Å². The maximum Gasteiger partial charge on any atom is 0.131 e. The molecule has 0 unspecified atom stereocenters. The first-order valence-corrected chi connectivity index (χ1v) is 5.99. The molecule has 4 heteroatoms. The van der Waals surface area contributed by atoms with Crippen molar-refractivity contribution in [3.63, 3.8) is 0 Å². The predicted molar refractivity (Wildman–Crippen MR) is 64.5 cm³/mol. The van der Waals surface area contributed by atoms with Gasteiger partial charge in [0.1, 0.15) is 5.82 Å². The van der Waals surface area contributed by atoms with Crippen molar-refractivity contribution in [1.29, 1.82) is 0 Å². The van der Waals surface area contributed by atoms with E-state index in [-0.39, 0.29) is 12.4 Å². The van der Waals surface area contributed by atoms with E-state index in [2.05, 4.69) is 0 Å². The van der Waals surface area contributed by atoms with Gasteiger partial charge in [-0.05, 0) is 31.9 Å². The van der Waals surface area contributed by atoms with Crippen molar-refractivity contribution < 1.29 is 14.6 Å². The highest BCUT2D eigenvalue weighted by atomic mass is 19.1. The number of hydrogen-bond acceptors (Lipinski definition) is 3. The van der Waals surface area contributed by atoms with Gasteiger partial charge < -0.3 is 15.1 Å². The van der Waals surface area contributed by atoms with Gasteiger partial charge in [0.25, 0.3) is 0 Å². The standard InChI is InChI=1S/C13H18FNO2/c1-9(17)13-11(14)3-2-4-12(13)15(7-8-16)10-5-6-10/h2-4,9-10,16-17H,5-8H2,1H3/t9-/m1/s1. The molecular formula is C13H18FNO2. The zero-order valence-electron chi connectivity index (χ0n) is 9.93. The van der Waals surface area contributed by atoms with Crippen LogP contribution in [0.15, 0.2) is 18.2 Å². The van der Waals surface area contributed by atoms with Gasteiger partial charge in [-0.1, -0.05) is 6.07 Å². The molecule has 1 fully saturated rings. The van der Waals surface area contributed by atoms with E-state index in [4.69, 9.17) is 5.11 Å². The number of aliphatic hydroxyl groups excluding tert-OH is 2. The van der Waals surface area contributed by atoms with Crippen molar-refractivity contribution >= 4 is 5.69 Å². The molecule has 2 rings (SSSR count). The fraction of sp³-hybridized carbons (Fsp3) is 0.538. The van der Waals surface area contributed by atoms with E-state index in [1.165, 1.54) is 6.07 Å². The average Bonchev–Trinajstić information content (AvgIpc) is 3.08. The lowest BCUT2D eigenvalue weighted by atomic mass is 10.1. The molecule has 3 nitrogen and oxygen atoms in total. The lowest BCUT2D eigenvalue weighted by molar-refractivity contribution is 0.194. The molecule has 0 aliphatic heterocycles. The van der Waals surface area contributed by atoms with Gasteiger partial charge in [-0.2, -0.15) is 0 Å². The van der Waals surface area contributed by atoms with Crippen LogP contribution in [-0.4, -0.2) is 29.4 Å². The summed E-state index contributed by atoms with van der Waals surface area (Å²) in [6.07, 6.45) is 1.29. The fourth-order valence-electron chi connectivity index (χ4n) is 2.18. The molecule has 1 aromatic carbocycles. The summed E-state index contributed by atoms with van der Waals surface area (Å²) in [4.78, 5) is 1.99. The Hall–Kier alpha value is -1.13. The number of nitrogens with zero attached hydrogens (tertiary/aromatic N) is 1. The molecule has 0 spiro atoms. The Morgan fingerprint density at radius 3 is 2.71 bits per heavy atom. The van der Waals surface area contributed by atoms with E-state index in [1.807, 2.05) is 4.90 Å². The van der Waals surface area contributed by atoms with Crippen LogP contribution in [0.4, 0.5) is 10.1 Å². The molecule has 0 aromatic heterocycles. The lowest BCUT2D eigenvalue weighted by Crippen LogP contribution is -2.30. The summed E-state index contributed by atoms with van der Waals surface area (Å²) < 4.78 is 13.7. The van der Waals surface area contributed by atoms with Gasteiger partial charge in [0.15, 0.2) is 0 Å². The molecule has 1 aliphatic carbocycles. The number of rotatable bonds is 5. The van der Waals surface area contributed by atoms with E-state index >= 15 is 0 Å². The molecule has 0 amide bonds. The van der Waals surface area contributed by atoms with E-state index in [1.54, 1.807) is 19.1 Å². The Labute approximate surface area is 100 Å². The second-order valence-corrected chi connectivity index (χ2v) is 4.50. The lowest BCUT2D eigenvalue weighted by Gasteiger charge is -2.27. The maximum atomic E-state index is 13.7. The van der Waals surface area contributed by atoms with E-state index in [0.717, 1.165) is 12.8 Å². The third kappa shape index (κ3) is 2.58. The number of benzene rings is 1. The van der Waals surface area contributed by atoms with Crippen LogP contribution in [0.3, 0.4) is 0 Å². The van der Waals surface area contributed by atoms with Crippen LogP contribution >= 0.6 is 0 Å². The summed E-state index contributed by atoms with van der Waals surface area (Å²) in [6, 6.07) is 5.18. The number of anilines is 1. The first-order valence-electron chi connectivity index (χ1n) is 5.99. The van der Waals surface area contributed by atoms with Crippen molar-refractivity contribution in [3.8, 4) is 0 Å². The van der Waals surface area contributed by atoms with Crippen LogP contribution in [0.1, 0.15) is 31.4 Å². The molecule has 1 atom stereocenters. The fourth-order valence-corrected chi connectivity index (χ4v) is 2.18. The average molecular weight is 239 g/mol. The molecule has 1 saturated carbocycles. The summed E-state index contributed by atoms with van der Waals surface area (Å²) in [6.45, 7) is 2.08. The zero-order chi connectivity index (χ0) is 12.4. The van der Waals surface area contributed by atoms with Crippen LogP contribution in [0.25, 0.3) is 0 Å². The van der Waals surface area contributed by atoms with Crippen LogP contribution in [0.5, 0.6) is 0 Å². The second kappa shape index (κ2) is 5.02. The van der Waals surface area contributed by atoms with Gasteiger partial charge in [0.05, 0.1) is 12.7 Å². The largest absolute Gasteiger partial charge is 0.395 e. The van der Waals surface area contributed by atoms with Gasteiger partial charge >= 0.3 is 0 Å². The predicted octanol–water partition coefficient (Wildman–Crippen LogP) is 1.84. The van der Waals surface area contributed by atoms with Crippen LogP contribution < -0.4 is 4.90 Å².